The van der Waals surface area contributed by atoms with Crippen LogP contribution in [0.2, 0.25) is 0 Å². The molecule has 4 rings (SSSR count). The summed E-state index contributed by atoms with van der Waals surface area (Å²) in [5.41, 5.74) is 3.04. The lowest BCUT2D eigenvalue weighted by molar-refractivity contribution is 0.669. The van der Waals surface area contributed by atoms with Gasteiger partial charge in [-0.1, -0.05) is 55.5 Å². The first kappa shape index (κ1) is 21.4. The number of aromatic nitrogens is 2. The van der Waals surface area contributed by atoms with Crippen LogP contribution in [-0.4, -0.2) is 19.4 Å². The highest BCUT2D eigenvalue weighted by Crippen LogP contribution is 2.38. The van der Waals surface area contributed by atoms with Crippen molar-refractivity contribution in [2.45, 2.75) is 37.3 Å². The summed E-state index contributed by atoms with van der Waals surface area (Å²) in [5, 5.41) is 0.940. The molecule has 1 unspecified atom stereocenters. The molecule has 0 saturated carbocycles. The molecule has 4 nitrogen and oxygen atoms in total. The van der Waals surface area contributed by atoms with Gasteiger partial charge in [0.2, 0.25) is 0 Å². The summed E-state index contributed by atoms with van der Waals surface area (Å²) < 4.78 is 18.5. The monoisotopic (exact) mass is 447 g/mol. The molecule has 0 aliphatic rings. The molecule has 0 N–H and O–H groups in total. The summed E-state index contributed by atoms with van der Waals surface area (Å²) in [5.74, 6) is 0.477. The third-order valence-electron chi connectivity index (χ3n) is 4.98. The summed E-state index contributed by atoms with van der Waals surface area (Å²) in [7, 11) is -2.65. The Hall–Kier alpha value is -2.83. The fraction of sp³-hybridized carbons (Fsp3) is 0.200. The Morgan fingerprint density at radius 2 is 1.65 bits per heavy atom. The Bertz CT molecular complexity index is 1290. The van der Waals surface area contributed by atoms with E-state index in [-0.39, 0.29) is 5.25 Å². The van der Waals surface area contributed by atoms with Gasteiger partial charge < -0.3 is 0 Å². The number of hydrogen-bond donors (Lipinski definition) is 0. The molecule has 31 heavy (non-hydrogen) atoms. The van der Waals surface area contributed by atoms with E-state index in [0.29, 0.717) is 5.82 Å². The van der Waals surface area contributed by atoms with Crippen molar-refractivity contribution in [2.75, 3.05) is 0 Å². The molecule has 4 aromatic rings. The van der Waals surface area contributed by atoms with Crippen LogP contribution in [0.25, 0.3) is 21.7 Å². The van der Waals surface area contributed by atoms with Crippen LogP contribution in [0.4, 0.5) is 5.82 Å². The zero-order valence-electron chi connectivity index (χ0n) is 17.9. The quantitative estimate of drug-likeness (QED) is 0.320. The van der Waals surface area contributed by atoms with E-state index in [1.807, 2.05) is 74.5 Å². The largest absolute Gasteiger partial charge is 0.244 e. The first-order chi connectivity index (χ1) is 15.0. The topological polar surface area (TPSA) is 55.2 Å². The molecule has 2 aromatic heterocycles. The minimum Gasteiger partial charge on any atom is -0.244 e. The molecular formula is C25H25N3OS2. The molecule has 2 heterocycles. The van der Waals surface area contributed by atoms with Gasteiger partial charge in [-0.3, -0.25) is 0 Å². The molecule has 0 aliphatic carbocycles. The number of thiazole rings is 1. The predicted octanol–water partition coefficient (Wildman–Crippen LogP) is 7.00. The third-order valence-corrected chi connectivity index (χ3v) is 8.91. The molecule has 0 saturated heterocycles. The van der Waals surface area contributed by atoms with E-state index in [2.05, 4.69) is 28.4 Å². The van der Waals surface area contributed by atoms with Gasteiger partial charge in [0.05, 0.1) is 25.3 Å². The van der Waals surface area contributed by atoms with Gasteiger partial charge in [-0.25, -0.2) is 14.2 Å². The highest BCUT2D eigenvalue weighted by Gasteiger charge is 2.19. The lowest BCUT2D eigenvalue weighted by Crippen LogP contribution is -2.13. The maximum absolute atomic E-state index is 13.8. The van der Waals surface area contributed by atoms with E-state index < -0.39 is 9.73 Å². The highest BCUT2D eigenvalue weighted by molar-refractivity contribution is 7.94. The Labute approximate surface area is 188 Å². The first-order valence-electron chi connectivity index (χ1n) is 10.3. The predicted molar refractivity (Wildman–Crippen MR) is 130 cm³/mol. The lowest BCUT2D eigenvalue weighted by Gasteiger charge is -2.14. The normalized spacial score (nSPS) is 13.2. The van der Waals surface area contributed by atoms with Gasteiger partial charge >= 0.3 is 0 Å². The Kier molecular flexibility index (Phi) is 6.30. The standard InChI is InChI=1S/C25H25N3OS2/c1-4-23-27-24(19-11-7-5-8-12-19)25(30-23)20-15-16-26-22(17-20)28-31(29,18(2)3)21-13-9-6-10-14-21/h5-18H,4H2,1-3H3. The van der Waals surface area contributed by atoms with E-state index in [9.17, 15) is 4.21 Å². The van der Waals surface area contributed by atoms with Crippen LogP contribution in [0.1, 0.15) is 25.8 Å². The average molecular weight is 448 g/mol. The van der Waals surface area contributed by atoms with Crippen LogP contribution in [0.5, 0.6) is 0 Å². The van der Waals surface area contributed by atoms with E-state index in [1.165, 1.54) is 0 Å². The van der Waals surface area contributed by atoms with Gasteiger partial charge in [-0.2, -0.15) is 4.36 Å². The second-order valence-electron chi connectivity index (χ2n) is 7.43. The van der Waals surface area contributed by atoms with E-state index in [4.69, 9.17) is 4.98 Å². The lowest BCUT2D eigenvalue weighted by atomic mass is 10.1. The van der Waals surface area contributed by atoms with E-state index in [1.54, 1.807) is 17.5 Å². The van der Waals surface area contributed by atoms with Crippen LogP contribution in [-0.2, 0) is 16.1 Å². The van der Waals surface area contributed by atoms with Crippen molar-refractivity contribution in [3.05, 3.63) is 84.0 Å². The van der Waals surface area contributed by atoms with Gasteiger partial charge in [0.15, 0.2) is 5.82 Å². The summed E-state index contributed by atoms with van der Waals surface area (Å²) in [6.07, 6.45) is 2.61. The molecule has 0 radical (unpaired) electrons. The van der Waals surface area contributed by atoms with Crippen LogP contribution < -0.4 is 0 Å². The molecule has 0 aliphatic heterocycles. The van der Waals surface area contributed by atoms with Crippen molar-refractivity contribution in [1.29, 1.82) is 0 Å². The summed E-state index contributed by atoms with van der Waals surface area (Å²) in [4.78, 5) is 11.1. The maximum atomic E-state index is 13.8. The molecule has 1 atom stereocenters. The molecule has 6 heteroatoms. The second-order valence-corrected chi connectivity index (χ2v) is 11.2. The van der Waals surface area contributed by atoms with Crippen molar-refractivity contribution < 1.29 is 4.21 Å². The maximum Gasteiger partial charge on any atom is 0.162 e. The van der Waals surface area contributed by atoms with Crippen LogP contribution in [0.15, 0.2) is 88.3 Å². The third kappa shape index (κ3) is 4.45. The smallest absolute Gasteiger partial charge is 0.162 e. The van der Waals surface area contributed by atoms with Gasteiger partial charge in [0, 0.05) is 21.9 Å². The van der Waals surface area contributed by atoms with Crippen LogP contribution in [0, 0.1) is 0 Å². The average Bonchev–Trinajstić information content (AvgIpc) is 3.25. The number of benzene rings is 2. The van der Waals surface area contributed by atoms with Crippen molar-refractivity contribution in [3.8, 4) is 21.7 Å². The summed E-state index contributed by atoms with van der Waals surface area (Å²) in [6, 6.07) is 23.6. The fourth-order valence-corrected chi connectivity index (χ4v) is 6.10. The molecule has 2 aromatic carbocycles. The fourth-order valence-electron chi connectivity index (χ4n) is 3.30. The zero-order chi connectivity index (χ0) is 21.8. The SMILES string of the molecule is CCc1nc(-c2ccccc2)c(-c2ccnc(N=S(=O)(c3ccccc3)C(C)C)c2)s1. The van der Waals surface area contributed by atoms with Gasteiger partial charge in [0.25, 0.3) is 0 Å². The summed E-state index contributed by atoms with van der Waals surface area (Å²) >= 11 is 1.68. The number of hydrogen-bond acceptors (Lipinski definition) is 5. The number of aryl methyl sites for hydroxylation is 1. The van der Waals surface area contributed by atoms with Gasteiger partial charge in [-0.15, -0.1) is 11.3 Å². The Balaban J connectivity index is 1.84. The highest BCUT2D eigenvalue weighted by atomic mass is 32.2. The zero-order valence-corrected chi connectivity index (χ0v) is 19.5. The van der Waals surface area contributed by atoms with Crippen molar-refractivity contribution in [1.82, 2.24) is 9.97 Å². The van der Waals surface area contributed by atoms with Crippen molar-refractivity contribution >= 4 is 26.9 Å². The molecule has 158 valence electrons. The van der Waals surface area contributed by atoms with Gasteiger partial charge in [-0.05, 0) is 50.1 Å². The minimum atomic E-state index is -2.65. The Morgan fingerprint density at radius 1 is 0.968 bits per heavy atom. The molecule has 0 amide bonds. The van der Waals surface area contributed by atoms with Crippen molar-refractivity contribution in [2.24, 2.45) is 4.36 Å². The molecule has 0 bridgehead atoms. The van der Waals surface area contributed by atoms with Crippen molar-refractivity contribution in [3.63, 3.8) is 0 Å². The number of rotatable bonds is 6. The number of pyridine rings is 1. The van der Waals surface area contributed by atoms with E-state index >= 15 is 0 Å². The second kappa shape index (κ2) is 9.12. The molecular weight excluding hydrogens is 422 g/mol. The Morgan fingerprint density at radius 3 is 2.29 bits per heavy atom. The van der Waals surface area contributed by atoms with Crippen LogP contribution >= 0.6 is 11.3 Å². The first-order valence-corrected chi connectivity index (χ1v) is 12.7. The minimum absolute atomic E-state index is 0.143. The van der Waals surface area contributed by atoms with Crippen LogP contribution in [0.3, 0.4) is 0 Å². The molecule has 0 fully saturated rings. The molecule has 0 spiro atoms. The number of nitrogens with zero attached hydrogens (tertiary/aromatic N) is 3. The summed E-state index contributed by atoms with van der Waals surface area (Å²) in [6.45, 7) is 5.99. The van der Waals surface area contributed by atoms with Gasteiger partial charge in [0.1, 0.15) is 0 Å². The van der Waals surface area contributed by atoms with E-state index in [0.717, 1.165) is 38.0 Å².